The van der Waals surface area contributed by atoms with Gasteiger partial charge in [0.15, 0.2) is 5.78 Å². The van der Waals surface area contributed by atoms with E-state index in [1.165, 1.54) is 0 Å². The molecule has 1 aromatic carbocycles. The van der Waals surface area contributed by atoms with Crippen LogP contribution in [0.5, 0.6) is 5.75 Å². The Kier molecular flexibility index (Phi) is 2.99. The SMILES string of the molecule is N.O=COc1cccc2c1CCC2=O. The minimum atomic E-state index is 0. The highest BCUT2D eigenvalue weighted by Crippen LogP contribution is 2.29. The molecule has 1 aliphatic carbocycles. The molecule has 0 unspecified atom stereocenters. The van der Waals surface area contributed by atoms with Crippen LogP contribution in [0.2, 0.25) is 0 Å². The summed E-state index contributed by atoms with van der Waals surface area (Å²) in [6, 6.07) is 5.19. The number of fused-ring (bicyclic) bond motifs is 1. The molecule has 0 amide bonds. The normalized spacial score (nSPS) is 13.0. The topological polar surface area (TPSA) is 78.4 Å². The molecule has 74 valence electrons. The van der Waals surface area contributed by atoms with Gasteiger partial charge in [0.25, 0.3) is 6.47 Å². The first-order valence-corrected chi connectivity index (χ1v) is 4.08. The molecule has 1 aromatic rings. The molecule has 3 N–H and O–H groups in total. The fourth-order valence-electron chi connectivity index (χ4n) is 1.62. The summed E-state index contributed by atoms with van der Waals surface area (Å²) in [4.78, 5) is 21.4. The van der Waals surface area contributed by atoms with Gasteiger partial charge in [-0.3, -0.25) is 9.59 Å². The first-order chi connectivity index (χ1) is 6.33. The van der Waals surface area contributed by atoms with Gasteiger partial charge in [0.05, 0.1) is 0 Å². The molecule has 2 rings (SSSR count). The Labute approximate surface area is 81.5 Å². The van der Waals surface area contributed by atoms with Crippen LogP contribution in [0.4, 0.5) is 0 Å². The van der Waals surface area contributed by atoms with E-state index < -0.39 is 0 Å². The predicted molar refractivity (Wildman–Crippen MR) is 50.8 cm³/mol. The first kappa shape index (κ1) is 10.4. The lowest BCUT2D eigenvalue weighted by molar-refractivity contribution is -0.120. The van der Waals surface area contributed by atoms with Gasteiger partial charge in [0.2, 0.25) is 0 Å². The molecule has 0 heterocycles. The van der Waals surface area contributed by atoms with E-state index in [1.54, 1.807) is 18.2 Å². The number of Topliss-reactive ketones (excluding diaryl/α,β-unsaturated/α-hetero) is 1. The number of ketones is 1. The van der Waals surface area contributed by atoms with E-state index in [0.717, 1.165) is 5.56 Å². The second-order valence-corrected chi connectivity index (χ2v) is 2.92. The van der Waals surface area contributed by atoms with E-state index >= 15 is 0 Å². The van der Waals surface area contributed by atoms with Crippen LogP contribution >= 0.6 is 0 Å². The van der Waals surface area contributed by atoms with E-state index in [1.807, 2.05) is 0 Å². The van der Waals surface area contributed by atoms with Crippen molar-refractivity contribution in [3.05, 3.63) is 29.3 Å². The van der Waals surface area contributed by atoms with Crippen LogP contribution in [-0.2, 0) is 11.2 Å². The summed E-state index contributed by atoms with van der Waals surface area (Å²) < 4.78 is 4.76. The quantitative estimate of drug-likeness (QED) is 0.722. The molecule has 14 heavy (non-hydrogen) atoms. The molecule has 4 nitrogen and oxygen atoms in total. The monoisotopic (exact) mass is 193 g/mol. The van der Waals surface area contributed by atoms with Gasteiger partial charge in [-0.1, -0.05) is 12.1 Å². The summed E-state index contributed by atoms with van der Waals surface area (Å²) in [5.41, 5.74) is 1.55. The number of rotatable bonds is 2. The molecule has 0 aliphatic heterocycles. The minimum absolute atomic E-state index is 0. The van der Waals surface area contributed by atoms with E-state index in [-0.39, 0.29) is 11.9 Å². The van der Waals surface area contributed by atoms with Crippen LogP contribution < -0.4 is 10.9 Å². The fourth-order valence-corrected chi connectivity index (χ4v) is 1.62. The van der Waals surface area contributed by atoms with Crippen molar-refractivity contribution >= 4 is 12.3 Å². The summed E-state index contributed by atoms with van der Waals surface area (Å²) in [7, 11) is 0. The minimum Gasteiger partial charge on any atom is -0.428 e. The summed E-state index contributed by atoms with van der Waals surface area (Å²) in [5, 5.41) is 0. The summed E-state index contributed by atoms with van der Waals surface area (Å²) in [6.45, 7) is 0.387. The van der Waals surface area contributed by atoms with Gasteiger partial charge in [-0.15, -0.1) is 0 Å². The number of carbonyl (C=O) groups is 2. The van der Waals surface area contributed by atoms with Crippen molar-refractivity contribution in [2.75, 3.05) is 0 Å². The maximum atomic E-state index is 11.3. The zero-order valence-electron chi connectivity index (χ0n) is 7.66. The van der Waals surface area contributed by atoms with Crippen molar-refractivity contribution in [3.8, 4) is 5.75 Å². The van der Waals surface area contributed by atoms with Gasteiger partial charge < -0.3 is 10.9 Å². The van der Waals surface area contributed by atoms with Crippen LogP contribution in [0.25, 0.3) is 0 Å². The van der Waals surface area contributed by atoms with Crippen LogP contribution in [-0.4, -0.2) is 12.3 Å². The third kappa shape index (κ3) is 1.52. The highest BCUT2D eigenvalue weighted by molar-refractivity contribution is 6.01. The molecule has 0 spiro atoms. The largest absolute Gasteiger partial charge is 0.428 e. The van der Waals surface area contributed by atoms with Gasteiger partial charge >= 0.3 is 0 Å². The van der Waals surface area contributed by atoms with Crippen molar-refractivity contribution in [1.29, 1.82) is 0 Å². The molecule has 0 radical (unpaired) electrons. The van der Waals surface area contributed by atoms with Crippen molar-refractivity contribution < 1.29 is 14.3 Å². The van der Waals surface area contributed by atoms with E-state index in [4.69, 9.17) is 4.74 Å². The molecule has 0 atom stereocenters. The number of hydrogen-bond donors (Lipinski definition) is 1. The second kappa shape index (κ2) is 4.02. The van der Waals surface area contributed by atoms with Crippen molar-refractivity contribution in [3.63, 3.8) is 0 Å². The maximum absolute atomic E-state index is 11.3. The number of hydrogen-bond acceptors (Lipinski definition) is 4. The van der Waals surface area contributed by atoms with Crippen LogP contribution in [0.15, 0.2) is 18.2 Å². The van der Waals surface area contributed by atoms with Gasteiger partial charge in [-0.25, -0.2) is 0 Å². The number of ether oxygens (including phenoxy) is 1. The zero-order valence-corrected chi connectivity index (χ0v) is 7.66. The first-order valence-electron chi connectivity index (χ1n) is 4.08. The van der Waals surface area contributed by atoms with Crippen molar-refractivity contribution in [2.24, 2.45) is 0 Å². The molecule has 1 aliphatic rings. The lowest BCUT2D eigenvalue weighted by Gasteiger charge is -2.03. The average Bonchev–Trinajstić information content (AvgIpc) is 2.50. The van der Waals surface area contributed by atoms with Gasteiger partial charge in [-0.05, 0) is 12.5 Å². The highest BCUT2D eigenvalue weighted by atomic mass is 16.5. The summed E-state index contributed by atoms with van der Waals surface area (Å²) >= 11 is 0. The van der Waals surface area contributed by atoms with E-state index in [9.17, 15) is 9.59 Å². The van der Waals surface area contributed by atoms with Crippen LogP contribution in [0, 0.1) is 0 Å². The molecule has 0 saturated carbocycles. The molecular formula is C10H11NO3. The Balaban J connectivity index is 0.000000980. The van der Waals surface area contributed by atoms with Crippen LogP contribution in [0.1, 0.15) is 22.3 Å². The molecule has 4 heteroatoms. The zero-order chi connectivity index (χ0) is 9.26. The Bertz CT molecular complexity index is 374. The molecule has 0 aromatic heterocycles. The lowest BCUT2D eigenvalue weighted by atomic mass is 10.1. The van der Waals surface area contributed by atoms with E-state index in [0.29, 0.717) is 30.6 Å². The Hall–Kier alpha value is -1.68. The van der Waals surface area contributed by atoms with Gasteiger partial charge in [0, 0.05) is 17.5 Å². The Morgan fingerprint density at radius 1 is 1.29 bits per heavy atom. The molecule has 0 fully saturated rings. The van der Waals surface area contributed by atoms with Gasteiger partial charge in [-0.2, -0.15) is 0 Å². The van der Waals surface area contributed by atoms with Gasteiger partial charge in [0.1, 0.15) is 5.75 Å². The summed E-state index contributed by atoms with van der Waals surface area (Å²) in [5.74, 6) is 0.643. The standard InChI is InChI=1S/C10H8O3.H3N/c11-6-13-10-3-1-2-7-8(10)4-5-9(7)12;/h1-3,6H,4-5H2;1H3. The average molecular weight is 193 g/mol. The van der Waals surface area contributed by atoms with Crippen molar-refractivity contribution in [2.45, 2.75) is 12.8 Å². The number of carbonyl (C=O) groups excluding carboxylic acids is 2. The van der Waals surface area contributed by atoms with E-state index in [2.05, 4.69) is 0 Å². The van der Waals surface area contributed by atoms with Crippen LogP contribution in [0.3, 0.4) is 0 Å². The third-order valence-electron chi connectivity index (χ3n) is 2.21. The fraction of sp³-hybridized carbons (Fsp3) is 0.200. The predicted octanol–water partition coefficient (Wildman–Crippen LogP) is 1.51. The molecule has 0 saturated heterocycles. The second-order valence-electron chi connectivity index (χ2n) is 2.92. The number of benzene rings is 1. The summed E-state index contributed by atoms with van der Waals surface area (Å²) in [6.07, 6.45) is 1.20. The maximum Gasteiger partial charge on any atom is 0.298 e. The Morgan fingerprint density at radius 2 is 2.07 bits per heavy atom. The third-order valence-corrected chi connectivity index (χ3v) is 2.21. The highest BCUT2D eigenvalue weighted by Gasteiger charge is 2.22. The van der Waals surface area contributed by atoms with Crippen molar-refractivity contribution in [1.82, 2.24) is 6.15 Å². The Morgan fingerprint density at radius 3 is 2.79 bits per heavy atom. The molecular weight excluding hydrogens is 182 g/mol. The smallest absolute Gasteiger partial charge is 0.298 e. The molecule has 0 bridgehead atoms. The lowest BCUT2D eigenvalue weighted by Crippen LogP contribution is -1.95.